The molecule has 1 heterocycles. The zero-order valence-electron chi connectivity index (χ0n) is 8.97. The van der Waals surface area contributed by atoms with Crippen molar-refractivity contribution in [3.05, 3.63) is 23.7 Å². The van der Waals surface area contributed by atoms with E-state index in [4.69, 9.17) is 14.3 Å². The highest BCUT2D eigenvalue weighted by molar-refractivity contribution is 7.84. The van der Waals surface area contributed by atoms with Crippen LogP contribution < -0.4 is 0 Å². The Labute approximate surface area is 95.9 Å². The first-order valence-electron chi connectivity index (χ1n) is 4.78. The van der Waals surface area contributed by atoms with E-state index in [1.807, 2.05) is 0 Å². The molecule has 0 spiro atoms. The molecule has 0 aliphatic carbocycles. The highest BCUT2D eigenvalue weighted by Gasteiger charge is 2.15. The first-order chi connectivity index (χ1) is 7.65. The molecule has 16 heavy (non-hydrogen) atoms. The van der Waals surface area contributed by atoms with Gasteiger partial charge in [-0.25, -0.2) is 4.79 Å². The molecule has 1 aromatic heterocycles. The lowest BCUT2D eigenvalue weighted by Crippen LogP contribution is -2.06. The van der Waals surface area contributed by atoms with Gasteiger partial charge in [0.15, 0.2) is 0 Å². The number of hydrogen-bond acceptors (Lipinski definition) is 4. The third-order valence-corrected chi connectivity index (χ3v) is 3.35. The van der Waals surface area contributed by atoms with Crippen LogP contribution in [-0.2, 0) is 21.3 Å². The Morgan fingerprint density at radius 2 is 2.38 bits per heavy atom. The molecule has 6 heteroatoms. The van der Waals surface area contributed by atoms with Gasteiger partial charge in [-0.3, -0.25) is 4.21 Å². The third kappa shape index (κ3) is 3.79. The summed E-state index contributed by atoms with van der Waals surface area (Å²) in [7, 11) is 0.504. The van der Waals surface area contributed by atoms with E-state index in [0.717, 1.165) is 0 Å². The van der Waals surface area contributed by atoms with Crippen molar-refractivity contribution in [3.8, 4) is 0 Å². The van der Waals surface area contributed by atoms with Crippen molar-refractivity contribution in [2.45, 2.75) is 12.2 Å². The second-order valence-corrected chi connectivity index (χ2v) is 4.79. The maximum Gasteiger partial charge on any atom is 0.372 e. The average Bonchev–Trinajstić information content (AvgIpc) is 2.66. The predicted molar refractivity (Wildman–Crippen MR) is 58.9 cm³/mol. The highest BCUT2D eigenvalue weighted by atomic mass is 32.2. The Hall–Kier alpha value is -1.14. The van der Waals surface area contributed by atoms with E-state index in [-0.39, 0.29) is 11.5 Å². The quantitative estimate of drug-likeness (QED) is 0.733. The summed E-state index contributed by atoms with van der Waals surface area (Å²) in [5.41, 5.74) is 0.475. The van der Waals surface area contributed by atoms with Crippen molar-refractivity contribution >= 4 is 16.8 Å². The summed E-state index contributed by atoms with van der Waals surface area (Å²) in [5.74, 6) is -0.547. The number of carboxylic acid groups (broad SMARTS) is 1. The number of furan rings is 1. The molecule has 1 aromatic rings. The summed E-state index contributed by atoms with van der Waals surface area (Å²) in [6.07, 6.45) is 1.99. The van der Waals surface area contributed by atoms with E-state index in [1.54, 1.807) is 7.11 Å². The van der Waals surface area contributed by atoms with Gasteiger partial charge >= 0.3 is 5.97 Å². The number of methoxy groups -OCH3 is 1. The minimum atomic E-state index is -1.13. The second kappa shape index (κ2) is 6.44. The van der Waals surface area contributed by atoms with E-state index in [2.05, 4.69) is 0 Å². The van der Waals surface area contributed by atoms with Crippen LogP contribution in [0.3, 0.4) is 0 Å². The van der Waals surface area contributed by atoms with Crippen molar-refractivity contribution in [1.29, 1.82) is 0 Å². The number of rotatable bonds is 7. The molecule has 90 valence electrons. The number of ether oxygens (including phenoxy) is 1. The van der Waals surface area contributed by atoms with Crippen LogP contribution in [0, 0.1) is 0 Å². The summed E-state index contributed by atoms with van der Waals surface area (Å²) in [6, 6.07) is 1.54. The fourth-order valence-corrected chi connectivity index (χ4v) is 2.41. The van der Waals surface area contributed by atoms with Crippen molar-refractivity contribution in [1.82, 2.24) is 0 Å². The predicted octanol–water partition coefficient (Wildman–Crippen LogP) is 1.26. The van der Waals surface area contributed by atoms with Crippen LogP contribution >= 0.6 is 0 Å². The molecule has 1 N–H and O–H groups in total. The smallest absolute Gasteiger partial charge is 0.372 e. The molecule has 0 amide bonds. The molecule has 0 aliphatic heterocycles. The van der Waals surface area contributed by atoms with E-state index in [0.29, 0.717) is 24.3 Å². The standard InChI is InChI=1S/C10H14O5S/c1-14-4-2-6-16(13)7-8-3-5-15-9(8)10(11)12/h3,5H,2,4,6-7H2,1H3,(H,11,12). The van der Waals surface area contributed by atoms with Crippen molar-refractivity contribution in [2.75, 3.05) is 19.5 Å². The molecular formula is C10H14O5S. The number of aromatic carboxylic acids is 1. The Bertz CT molecular complexity index is 371. The Morgan fingerprint density at radius 1 is 1.62 bits per heavy atom. The maximum atomic E-state index is 11.6. The zero-order valence-corrected chi connectivity index (χ0v) is 9.79. The molecule has 0 aromatic carbocycles. The minimum Gasteiger partial charge on any atom is -0.475 e. The normalized spacial score (nSPS) is 12.6. The lowest BCUT2D eigenvalue weighted by atomic mass is 10.3. The van der Waals surface area contributed by atoms with Crippen LogP contribution in [0.25, 0.3) is 0 Å². The van der Waals surface area contributed by atoms with Crippen LogP contribution in [0.2, 0.25) is 0 Å². The van der Waals surface area contributed by atoms with Gasteiger partial charge in [0.1, 0.15) is 0 Å². The number of hydrogen-bond donors (Lipinski definition) is 1. The van der Waals surface area contributed by atoms with Crippen molar-refractivity contribution in [3.63, 3.8) is 0 Å². The first-order valence-corrected chi connectivity index (χ1v) is 6.27. The van der Waals surface area contributed by atoms with E-state index >= 15 is 0 Å². The Morgan fingerprint density at radius 3 is 3.00 bits per heavy atom. The van der Waals surface area contributed by atoms with Crippen LogP contribution in [0.5, 0.6) is 0 Å². The lowest BCUT2D eigenvalue weighted by Gasteiger charge is -2.01. The van der Waals surface area contributed by atoms with Crippen LogP contribution in [0.4, 0.5) is 0 Å². The molecule has 0 radical (unpaired) electrons. The molecule has 0 aliphatic rings. The third-order valence-electron chi connectivity index (χ3n) is 1.98. The molecular weight excluding hydrogens is 232 g/mol. The molecule has 0 saturated carbocycles. The molecule has 0 fully saturated rings. The van der Waals surface area contributed by atoms with Crippen molar-refractivity contribution in [2.24, 2.45) is 0 Å². The minimum absolute atomic E-state index is 0.125. The second-order valence-electron chi connectivity index (χ2n) is 3.21. The average molecular weight is 246 g/mol. The van der Waals surface area contributed by atoms with Crippen LogP contribution in [0.15, 0.2) is 16.7 Å². The van der Waals surface area contributed by atoms with Gasteiger partial charge < -0.3 is 14.3 Å². The van der Waals surface area contributed by atoms with Gasteiger partial charge in [-0.15, -0.1) is 0 Å². The van der Waals surface area contributed by atoms with Gasteiger partial charge in [0.05, 0.1) is 12.0 Å². The van der Waals surface area contributed by atoms with Gasteiger partial charge in [0.25, 0.3) is 0 Å². The fourth-order valence-electron chi connectivity index (χ4n) is 1.25. The molecule has 0 saturated heterocycles. The summed E-state index contributed by atoms with van der Waals surface area (Å²) >= 11 is 0. The van der Waals surface area contributed by atoms with E-state index in [1.165, 1.54) is 12.3 Å². The number of carbonyl (C=O) groups is 1. The highest BCUT2D eigenvalue weighted by Crippen LogP contribution is 2.13. The molecule has 1 unspecified atom stereocenters. The van der Waals surface area contributed by atoms with Gasteiger partial charge in [-0.1, -0.05) is 0 Å². The molecule has 1 atom stereocenters. The number of carboxylic acids is 1. The van der Waals surface area contributed by atoms with Crippen molar-refractivity contribution < 1.29 is 23.3 Å². The topological polar surface area (TPSA) is 76.7 Å². The first kappa shape index (κ1) is 12.9. The fraction of sp³-hybridized carbons (Fsp3) is 0.500. The van der Waals surface area contributed by atoms with Gasteiger partial charge in [-0.2, -0.15) is 0 Å². The molecule has 5 nitrogen and oxygen atoms in total. The monoisotopic (exact) mass is 246 g/mol. The molecule has 0 bridgehead atoms. The summed E-state index contributed by atoms with van der Waals surface area (Å²) < 4.78 is 21.2. The van der Waals surface area contributed by atoms with Gasteiger partial charge in [0, 0.05) is 35.8 Å². The summed E-state index contributed by atoms with van der Waals surface area (Å²) in [6.45, 7) is 0.558. The Kier molecular flexibility index (Phi) is 5.21. The van der Waals surface area contributed by atoms with E-state index in [9.17, 15) is 9.00 Å². The Balaban J connectivity index is 2.49. The summed E-state index contributed by atoms with van der Waals surface area (Å²) in [5, 5.41) is 8.77. The zero-order chi connectivity index (χ0) is 12.0. The van der Waals surface area contributed by atoms with Gasteiger partial charge in [-0.05, 0) is 12.5 Å². The maximum absolute atomic E-state index is 11.6. The van der Waals surface area contributed by atoms with E-state index < -0.39 is 16.8 Å². The lowest BCUT2D eigenvalue weighted by molar-refractivity contribution is 0.0661. The largest absolute Gasteiger partial charge is 0.475 e. The van der Waals surface area contributed by atoms with Gasteiger partial charge in [0.2, 0.25) is 5.76 Å². The molecule has 1 rings (SSSR count). The van der Waals surface area contributed by atoms with Crippen LogP contribution in [0.1, 0.15) is 22.5 Å². The SMILES string of the molecule is COCCCS(=O)Cc1ccoc1C(=O)O. The summed E-state index contributed by atoms with van der Waals surface area (Å²) in [4.78, 5) is 10.7. The van der Waals surface area contributed by atoms with Crippen LogP contribution in [-0.4, -0.2) is 34.8 Å².